The number of hydrogen-bond acceptors (Lipinski definition) is 5. The molecule has 30 heavy (non-hydrogen) atoms. The Kier molecular flexibility index (Phi) is 7.00. The Morgan fingerprint density at radius 3 is 2.63 bits per heavy atom. The van der Waals surface area contributed by atoms with Gasteiger partial charge in [0.05, 0.1) is 6.61 Å². The van der Waals surface area contributed by atoms with Gasteiger partial charge in [0.1, 0.15) is 5.75 Å². The van der Waals surface area contributed by atoms with E-state index < -0.39 is 0 Å². The Balaban J connectivity index is 2.36. The fourth-order valence-electron chi connectivity index (χ4n) is 3.47. The normalized spacial score (nSPS) is 12.1. The second-order valence-corrected chi connectivity index (χ2v) is 8.09. The summed E-state index contributed by atoms with van der Waals surface area (Å²) in [5.41, 5.74) is 9.39. The number of thioether (sulfide) groups is 1. The number of allylic oxidation sites excluding steroid dienone is 1. The van der Waals surface area contributed by atoms with E-state index in [4.69, 9.17) is 10.5 Å². The van der Waals surface area contributed by atoms with Gasteiger partial charge in [0.2, 0.25) is 0 Å². The first-order valence-electron chi connectivity index (χ1n) is 9.91. The van der Waals surface area contributed by atoms with Crippen molar-refractivity contribution in [2.45, 2.75) is 18.7 Å². The highest BCUT2D eigenvalue weighted by molar-refractivity contribution is 7.99. The van der Waals surface area contributed by atoms with Gasteiger partial charge in [0.25, 0.3) is 5.56 Å². The standard InChI is InChI=1S/C24H27N3O2S/c1-5-29-23-10-8-18(30-6-2)12-21(23)22-15-27(4)24(28)19-9-7-16(11-20(19)22)17(13-25)14-26-3/h7-15H,5-6,25H2,1-4H3. The van der Waals surface area contributed by atoms with Crippen molar-refractivity contribution in [1.29, 1.82) is 0 Å². The highest BCUT2D eigenvalue weighted by Crippen LogP contribution is 2.37. The maximum Gasteiger partial charge on any atom is 0.258 e. The Morgan fingerprint density at radius 2 is 1.97 bits per heavy atom. The van der Waals surface area contributed by atoms with E-state index in [2.05, 4.69) is 24.0 Å². The summed E-state index contributed by atoms with van der Waals surface area (Å²) in [7, 11) is 3.48. The number of aliphatic imine (C=N–C) groups is 1. The molecule has 0 unspecified atom stereocenters. The van der Waals surface area contributed by atoms with Crippen LogP contribution in [0.15, 0.2) is 63.5 Å². The van der Waals surface area contributed by atoms with Gasteiger partial charge in [-0.2, -0.15) is 0 Å². The molecule has 1 heterocycles. The number of ether oxygens (including phenoxy) is 1. The van der Waals surface area contributed by atoms with Crippen LogP contribution in [-0.4, -0.2) is 30.2 Å². The first kappa shape index (κ1) is 21.7. The Hall–Kier alpha value is -2.99. The van der Waals surface area contributed by atoms with Crippen LogP contribution in [0.5, 0.6) is 5.75 Å². The molecule has 0 bridgehead atoms. The van der Waals surface area contributed by atoms with Gasteiger partial charge in [-0.25, -0.2) is 0 Å². The van der Waals surface area contributed by atoms with Gasteiger partial charge < -0.3 is 15.0 Å². The van der Waals surface area contributed by atoms with E-state index in [1.165, 1.54) is 6.20 Å². The van der Waals surface area contributed by atoms with Crippen molar-refractivity contribution >= 4 is 34.3 Å². The smallest absolute Gasteiger partial charge is 0.258 e. The van der Waals surface area contributed by atoms with Gasteiger partial charge in [-0.3, -0.25) is 9.79 Å². The van der Waals surface area contributed by atoms with Crippen molar-refractivity contribution in [2.75, 3.05) is 19.4 Å². The minimum absolute atomic E-state index is 0.0419. The SMILES string of the molecule is CCOc1ccc(SCC)cc1-c1cn(C)c(=O)c2ccc(C(C=NC)=CN)cc12. The third-order valence-corrected chi connectivity index (χ3v) is 5.69. The van der Waals surface area contributed by atoms with E-state index in [9.17, 15) is 4.79 Å². The van der Waals surface area contributed by atoms with Gasteiger partial charge in [-0.15, -0.1) is 11.8 Å². The quantitative estimate of drug-likeness (QED) is 0.443. The van der Waals surface area contributed by atoms with Gasteiger partial charge in [-0.05, 0) is 54.0 Å². The van der Waals surface area contributed by atoms with E-state index in [0.717, 1.165) is 44.0 Å². The molecule has 0 spiro atoms. The Labute approximate surface area is 181 Å². The summed E-state index contributed by atoms with van der Waals surface area (Å²) in [6.45, 7) is 4.66. The zero-order valence-electron chi connectivity index (χ0n) is 17.8. The average molecular weight is 422 g/mol. The number of pyridine rings is 1. The lowest BCUT2D eigenvalue weighted by Crippen LogP contribution is -2.16. The molecule has 3 aromatic rings. The number of benzene rings is 2. The largest absolute Gasteiger partial charge is 0.493 e. The molecule has 0 atom stereocenters. The summed E-state index contributed by atoms with van der Waals surface area (Å²) in [5.74, 6) is 1.78. The molecule has 0 amide bonds. The maximum atomic E-state index is 12.8. The van der Waals surface area contributed by atoms with E-state index in [-0.39, 0.29) is 5.56 Å². The summed E-state index contributed by atoms with van der Waals surface area (Å²) >= 11 is 1.77. The molecule has 2 N–H and O–H groups in total. The Morgan fingerprint density at radius 1 is 1.17 bits per heavy atom. The molecular formula is C24H27N3O2S. The predicted molar refractivity (Wildman–Crippen MR) is 129 cm³/mol. The summed E-state index contributed by atoms with van der Waals surface area (Å²) in [4.78, 5) is 18.1. The molecule has 0 aliphatic rings. The molecule has 6 heteroatoms. The second kappa shape index (κ2) is 9.67. The predicted octanol–water partition coefficient (Wildman–Crippen LogP) is 4.72. The third-order valence-electron chi connectivity index (χ3n) is 4.82. The molecule has 0 saturated carbocycles. The second-order valence-electron chi connectivity index (χ2n) is 6.75. The molecule has 5 nitrogen and oxygen atoms in total. The van der Waals surface area contributed by atoms with Gasteiger partial charge in [-0.1, -0.05) is 13.0 Å². The monoisotopic (exact) mass is 421 g/mol. The molecule has 0 radical (unpaired) electrons. The van der Waals surface area contributed by atoms with Crippen LogP contribution in [0.4, 0.5) is 0 Å². The topological polar surface area (TPSA) is 69.6 Å². The fourth-order valence-corrected chi connectivity index (χ4v) is 4.17. The average Bonchev–Trinajstić information content (AvgIpc) is 2.75. The molecule has 0 saturated heterocycles. The lowest BCUT2D eigenvalue weighted by Gasteiger charge is -2.16. The lowest BCUT2D eigenvalue weighted by molar-refractivity contribution is 0.341. The highest BCUT2D eigenvalue weighted by atomic mass is 32.2. The molecule has 0 fully saturated rings. The van der Waals surface area contributed by atoms with Crippen LogP contribution < -0.4 is 16.0 Å². The number of aromatic nitrogens is 1. The van der Waals surface area contributed by atoms with E-state index in [1.54, 1.807) is 36.6 Å². The van der Waals surface area contributed by atoms with Crippen molar-refractivity contribution in [1.82, 2.24) is 4.57 Å². The highest BCUT2D eigenvalue weighted by Gasteiger charge is 2.15. The molecule has 3 rings (SSSR count). The summed E-state index contributed by atoms with van der Waals surface area (Å²) in [6, 6.07) is 12.0. The number of hydrogen-bond donors (Lipinski definition) is 1. The van der Waals surface area contributed by atoms with Crippen LogP contribution in [0.2, 0.25) is 0 Å². The molecular weight excluding hydrogens is 394 g/mol. The van der Waals surface area contributed by atoms with Crippen LogP contribution in [0.25, 0.3) is 27.5 Å². The van der Waals surface area contributed by atoms with Gasteiger partial charge in [0, 0.05) is 59.7 Å². The van der Waals surface area contributed by atoms with Crippen molar-refractivity contribution in [3.05, 3.63) is 64.7 Å². The number of rotatable bonds is 7. The minimum atomic E-state index is -0.0419. The zero-order chi connectivity index (χ0) is 21.7. The third kappa shape index (κ3) is 4.28. The van der Waals surface area contributed by atoms with Crippen LogP contribution >= 0.6 is 11.8 Å². The minimum Gasteiger partial charge on any atom is -0.493 e. The molecule has 1 aromatic heterocycles. The first-order valence-corrected chi connectivity index (χ1v) is 10.9. The fraction of sp³-hybridized carbons (Fsp3) is 0.250. The van der Waals surface area contributed by atoms with Crippen molar-refractivity contribution in [3.63, 3.8) is 0 Å². The summed E-state index contributed by atoms with van der Waals surface area (Å²) < 4.78 is 7.56. The van der Waals surface area contributed by atoms with Gasteiger partial charge in [0.15, 0.2) is 0 Å². The van der Waals surface area contributed by atoms with Crippen molar-refractivity contribution in [2.24, 2.45) is 17.8 Å². The van der Waals surface area contributed by atoms with E-state index in [1.807, 2.05) is 37.4 Å². The lowest BCUT2D eigenvalue weighted by atomic mass is 9.96. The number of fused-ring (bicyclic) bond motifs is 1. The molecule has 156 valence electrons. The molecule has 0 aliphatic heterocycles. The van der Waals surface area contributed by atoms with Crippen LogP contribution in [-0.2, 0) is 7.05 Å². The van der Waals surface area contributed by atoms with Crippen LogP contribution in [0.3, 0.4) is 0 Å². The Bertz CT molecular complexity index is 1180. The maximum absolute atomic E-state index is 12.8. The summed E-state index contributed by atoms with van der Waals surface area (Å²) in [6.07, 6.45) is 5.12. The van der Waals surface area contributed by atoms with E-state index in [0.29, 0.717) is 12.0 Å². The van der Waals surface area contributed by atoms with E-state index >= 15 is 0 Å². The molecule has 0 aliphatic carbocycles. The zero-order valence-corrected chi connectivity index (χ0v) is 18.6. The van der Waals surface area contributed by atoms with Crippen LogP contribution in [0.1, 0.15) is 19.4 Å². The van der Waals surface area contributed by atoms with Crippen LogP contribution in [0, 0.1) is 0 Å². The van der Waals surface area contributed by atoms with Gasteiger partial charge >= 0.3 is 0 Å². The van der Waals surface area contributed by atoms with Crippen molar-refractivity contribution in [3.8, 4) is 16.9 Å². The first-order chi connectivity index (χ1) is 14.5. The van der Waals surface area contributed by atoms with Crippen molar-refractivity contribution < 1.29 is 4.74 Å². The number of nitrogens with two attached hydrogens (primary N) is 1. The molecule has 2 aromatic carbocycles. The summed E-state index contributed by atoms with van der Waals surface area (Å²) in [5, 5.41) is 1.51. The number of nitrogens with zero attached hydrogens (tertiary/aromatic N) is 2. The number of aryl methyl sites for hydroxylation is 1.